The highest BCUT2D eigenvalue weighted by molar-refractivity contribution is 5.85. The van der Waals surface area contributed by atoms with Gasteiger partial charge in [0.15, 0.2) is 0 Å². The Balaban J connectivity index is 1.45. The molecule has 1 aliphatic heterocycles. The minimum Gasteiger partial charge on any atom is -0.496 e. The molecule has 3 nitrogen and oxygen atoms in total. The molecular formula is C20H23NO2. The summed E-state index contributed by atoms with van der Waals surface area (Å²) in [5.41, 5.74) is 3.75. The van der Waals surface area contributed by atoms with E-state index in [9.17, 15) is 0 Å². The van der Waals surface area contributed by atoms with Gasteiger partial charge in [-0.15, -0.1) is 0 Å². The predicted molar refractivity (Wildman–Crippen MR) is 93.0 cm³/mol. The smallest absolute Gasteiger partial charge is 0.137 e. The van der Waals surface area contributed by atoms with Gasteiger partial charge in [0.25, 0.3) is 0 Å². The lowest BCUT2D eigenvalue weighted by Crippen LogP contribution is -2.12. The van der Waals surface area contributed by atoms with Gasteiger partial charge in [-0.3, -0.25) is 0 Å². The van der Waals surface area contributed by atoms with Crippen LogP contribution in [0.25, 0.3) is 0 Å². The van der Waals surface area contributed by atoms with Gasteiger partial charge in [-0.05, 0) is 36.5 Å². The molecule has 0 amide bonds. The number of oxime groups is 1. The molecule has 0 aromatic heterocycles. The molecule has 0 N–H and O–H groups in total. The molecule has 0 bridgehead atoms. The van der Waals surface area contributed by atoms with Crippen LogP contribution in [0.1, 0.15) is 30.4 Å². The van der Waals surface area contributed by atoms with Crippen molar-refractivity contribution in [3.8, 4) is 5.75 Å². The number of hydrogen-bond donors (Lipinski definition) is 0. The van der Waals surface area contributed by atoms with Crippen LogP contribution < -0.4 is 4.74 Å². The van der Waals surface area contributed by atoms with Crippen molar-refractivity contribution in [2.24, 2.45) is 5.16 Å². The molecule has 0 saturated heterocycles. The monoisotopic (exact) mass is 309 g/mol. The Bertz CT molecular complexity index is 652. The predicted octanol–water partition coefficient (Wildman–Crippen LogP) is 4.41. The number of benzene rings is 2. The molecule has 1 atom stereocenters. The van der Waals surface area contributed by atoms with Crippen LogP contribution in [0.3, 0.4) is 0 Å². The number of nitrogens with zero attached hydrogens (tertiary/aromatic N) is 1. The fourth-order valence-electron chi connectivity index (χ4n) is 3.00. The summed E-state index contributed by atoms with van der Waals surface area (Å²) < 4.78 is 5.40. The molecule has 1 unspecified atom stereocenters. The van der Waals surface area contributed by atoms with E-state index in [0.29, 0.717) is 0 Å². The molecule has 0 radical (unpaired) electrons. The normalized spacial score (nSPS) is 16.7. The second-order valence-corrected chi connectivity index (χ2v) is 5.94. The van der Waals surface area contributed by atoms with Crippen LogP contribution in [0.15, 0.2) is 59.8 Å². The minimum absolute atomic E-state index is 0.137. The molecule has 1 aliphatic rings. The second kappa shape index (κ2) is 7.82. The summed E-state index contributed by atoms with van der Waals surface area (Å²) in [6.45, 7) is 0. The molecule has 23 heavy (non-hydrogen) atoms. The van der Waals surface area contributed by atoms with Crippen molar-refractivity contribution in [1.82, 2.24) is 0 Å². The van der Waals surface area contributed by atoms with Gasteiger partial charge in [0, 0.05) is 12.8 Å². The maximum atomic E-state index is 5.60. The zero-order chi connectivity index (χ0) is 15.9. The summed E-state index contributed by atoms with van der Waals surface area (Å²) in [6, 6.07) is 18.7. The SMILES string of the molecule is COc1ccccc1CC1CC(CCCc2ccccc2)=NO1. The molecule has 2 aromatic carbocycles. The van der Waals surface area contributed by atoms with E-state index in [-0.39, 0.29) is 6.10 Å². The molecule has 1 heterocycles. The van der Waals surface area contributed by atoms with Crippen LogP contribution in [0, 0.1) is 0 Å². The largest absolute Gasteiger partial charge is 0.496 e. The zero-order valence-corrected chi connectivity index (χ0v) is 13.6. The fourth-order valence-corrected chi connectivity index (χ4v) is 3.00. The number of para-hydroxylation sites is 1. The lowest BCUT2D eigenvalue weighted by Gasteiger charge is -2.11. The molecule has 120 valence electrons. The molecule has 3 rings (SSSR count). The van der Waals surface area contributed by atoms with E-state index >= 15 is 0 Å². The third kappa shape index (κ3) is 4.35. The van der Waals surface area contributed by atoms with Gasteiger partial charge >= 0.3 is 0 Å². The first-order valence-corrected chi connectivity index (χ1v) is 8.22. The van der Waals surface area contributed by atoms with Crippen LogP contribution >= 0.6 is 0 Å². The topological polar surface area (TPSA) is 30.8 Å². The number of methoxy groups -OCH3 is 1. The van der Waals surface area contributed by atoms with E-state index in [2.05, 4.69) is 41.6 Å². The summed E-state index contributed by atoms with van der Waals surface area (Å²) in [7, 11) is 1.71. The van der Waals surface area contributed by atoms with Gasteiger partial charge in [0.1, 0.15) is 11.9 Å². The molecular weight excluding hydrogens is 286 g/mol. The Morgan fingerprint density at radius 3 is 2.65 bits per heavy atom. The maximum Gasteiger partial charge on any atom is 0.137 e. The van der Waals surface area contributed by atoms with E-state index in [1.165, 1.54) is 16.8 Å². The van der Waals surface area contributed by atoms with Gasteiger partial charge in [0.2, 0.25) is 0 Å². The number of hydrogen-bond acceptors (Lipinski definition) is 3. The van der Waals surface area contributed by atoms with Gasteiger partial charge in [-0.25, -0.2) is 0 Å². The van der Waals surface area contributed by atoms with E-state index in [1.54, 1.807) is 7.11 Å². The molecule has 0 aliphatic carbocycles. The summed E-state index contributed by atoms with van der Waals surface area (Å²) in [5, 5.41) is 4.28. The van der Waals surface area contributed by atoms with E-state index in [4.69, 9.17) is 9.57 Å². The standard InChI is InChI=1S/C20H23NO2/c1-22-20-13-6-5-11-17(20)14-19-15-18(21-23-19)12-7-10-16-8-3-2-4-9-16/h2-6,8-9,11,13,19H,7,10,12,14-15H2,1H3. The molecule has 0 fully saturated rings. The molecule has 0 saturated carbocycles. The Kier molecular flexibility index (Phi) is 5.30. The Morgan fingerprint density at radius 1 is 1.04 bits per heavy atom. The summed E-state index contributed by atoms with van der Waals surface area (Å²) in [4.78, 5) is 5.60. The second-order valence-electron chi connectivity index (χ2n) is 5.94. The van der Waals surface area contributed by atoms with Gasteiger partial charge in [0.05, 0.1) is 12.8 Å². The third-order valence-corrected chi connectivity index (χ3v) is 4.21. The molecule has 2 aromatic rings. The van der Waals surface area contributed by atoms with Crippen LogP contribution in [-0.2, 0) is 17.7 Å². The van der Waals surface area contributed by atoms with Crippen molar-refractivity contribution in [2.45, 2.75) is 38.2 Å². The Hall–Kier alpha value is -2.29. The van der Waals surface area contributed by atoms with Crippen LogP contribution in [0.4, 0.5) is 0 Å². The highest BCUT2D eigenvalue weighted by Crippen LogP contribution is 2.24. The highest BCUT2D eigenvalue weighted by atomic mass is 16.6. The van der Waals surface area contributed by atoms with Gasteiger partial charge < -0.3 is 9.57 Å². The summed E-state index contributed by atoms with van der Waals surface area (Å²) in [6.07, 6.45) is 5.13. The summed E-state index contributed by atoms with van der Waals surface area (Å²) >= 11 is 0. The Labute approximate surface area is 137 Å². The maximum absolute atomic E-state index is 5.60. The van der Waals surface area contributed by atoms with Crippen molar-refractivity contribution >= 4 is 5.71 Å². The fraction of sp³-hybridized carbons (Fsp3) is 0.350. The van der Waals surface area contributed by atoms with Crippen molar-refractivity contribution in [3.05, 3.63) is 65.7 Å². The molecule has 3 heteroatoms. The zero-order valence-electron chi connectivity index (χ0n) is 13.6. The first-order valence-electron chi connectivity index (χ1n) is 8.22. The average molecular weight is 309 g/mol. The van der Waals surface area contributed by atoms with E-state index in [0.717, 1.165) is 37.9 Å². The average Bonchev–Trinajstić information content (AvgIpc) is 3.04. The number of rotatable bonds is 7. The highest BCUT2D eigenvalue weighted by Gasteiger charge is 2.22. The number of aryl methyl sites for hydroxylation is 1. The van der Waals surface area contributed by atoms with Crippen molar-refractivity contribution < 1.29 is 9.57 Å². The third-order valence-electron chi connectivity index (χ3n) is 4.21. The lowest BCUT2D eigenvalue weighted by molar-refractivity contribution is 0.0854. The first-order chi connectivity index (χ1) is 11.3. The van der Waals surface area contributed by atoms with Crippen LogP contribution in [-0.4, -0.2) is 18.9 Å². The van der Waals surface area contributed by atoms with Crippen molar-refractivity contribution in [2.75, 3.05) is 7.11 Å². The van der Waals surface area contributed by atoms with E-state index in [1.807, 2.05) is 18.2 Å². The first kappa shape index (κ1) is 15.6. The van der Waals surface area contributed by atoms with Gasteiger partial charge in [-0.1, -0.05) is 53.7 Å². The quantitative estimate of drug-likeness (QED) is 0.758. The van der Waals surface area contributed by atoms with Crippen LogP contribution in [0.2, 0.25) is 0 Å². The Morgan fingerprint density at radius 2 is 1.83 bits per heavy atom. The van der Waals surface area contributed by atoms with Gasteiger partial charge in [-0.2, -0.15) is 0 Å². The molecule has 0 spiro atoms. The van der Waals surface area contributed by atoms with Crippen LogP contribution in [0.5, 0.6) is 5.75 Å². The van der Waals surface area contributed by atoms with Crippen molar-refractivity contribution in [3.63, 3.8) is 0 Å². The lowest BCUT2D eigenvalue weighted by atomic mass is 10.00. The van der Waals surface area contributed by atoms with E-state index < -0.39 is 0 Å². The minimum atomic E-state index is 0.137. The van der Waals surface area contributed by atoms with Crippen molar-refractivity contribution in [1.29, 1.82) is 0 Å². The number of ether oxygens (including phenoxy) is 1. The summed E-state index contributed by atoms with van der Waals surface area (Å²) in [5.74, 6) is 0.925.